The van der Waals surface area contributed by atoms with E-state index in [1.807, 2.05) is 0 Å². The van der Waals surface area contributed by atoms with Crippen LogP contribution < -0.4 is 5.32 Å². The monoisotopic (exact) mass is 268 g/mol. The van der Waals surface area contributed by atoms with Crippen LogP contribution in [0.1, 0.15) is 12.0 Å². The lowest BCUT2D eigenvalue weighted by molar-refractivity contribution is 0.166. The zero-order valence-corrected chi connectivity index (χ0v) is 10.7. The molecule has 1 aliphatic rings. The van der Waals surface area contributed by atoms with Gasteiger partial charge < -0.3 is 15.2 Å². The standard InChI is InChI=1S/C13H17FN2O3/c1-19-13(18)15-11-2-3-16(8-11)7-9-4-10(14)6-12(17)5-9/h4-6,11,17H,2-3,7-8H2,1H3,(H,15,18). The lowest BCUT2D eigenvalue weighted by atomic mass is 10.2. The summed E-state index contributed by atoms with van der Waals surface area (Å²) in [5, 5.41) is 12.1. The third-order valence-electron chi connectivity index (χ3n) is 3.13. The third-order valence-corrected chi connectivity index (χ3v) is 3.13. The van der Waals surface area contributed by atoms with Crippen molar-refractivity contribution < 1.29 is 19.0 Å². The van der Waals surface area contributed by atoms with E-state index in [0.717, 1.165) is 24.6 Å². The molecular weight excluding hydrogens is 251 g/mol. The third kappa shape index (κ3) is 3.82. The first-order chi connectivity index (χ1) is 9.06. The Kier molecular flexibility index (Phi) is 4.21. The van der Waals surface area contributed by atoms with Crippen molar-refractivity contribution in [2.45, 2.75) is 19.0 Å². The number of alkyl carbamates (subject to hydrolysis) is 1. The van der Waals surface area contributed by atoms with Crippen LogP contribution in [0.5, 0.6) is 5.75 Å². The second kappa shape index (κ2) is 5.88. The molecule has 104 valence electrons. The highest BCUT2D eigenvalue weighted by atomic mass is 19.1. The molecule has 0 spiro atoms. The van der Waals surface area contributed by atoms with Crippen LogP contribution in [0.4, 0.5) is 9.18 Å². The summed E-state index contributed by atoms with van der Waals surface area (Å²) in [5.74, 6) is -0.517. The predicted octanol–water partition coefficient (Wildman–Crippen LogP) is 1.46. The Bertz CT molecular complexity index is 447. The number of carbonyl (C=O) groups is 1. The van der Waals surface area contributed by atoms with Gasteiger partial charge in [0.05, 0.1) is 7.11 Å². The molecule has 1 heterocycles. The molecule has 1 saturated heterocycles. The minimum atomic E-state index is -0.446. The van der Waals surface area contributed by atoms with Crippen LogP contribution in [0.15, 0.2) is 18.2 Å². The fourth-order valence-electron chi connectivity index (χ4n) is 2.30. The van der Waals surface area contributed by atoms with Crippen molar-refractivity contribution in [2.75, 3.05) is 20.2 Å². The molecule has 0 aromatic heterocycles. The number of halogens is 1. The quantitative estimate of drug-likeness (QED) is 0.871. The molecule has 0 saturated carbocycles. The molecule has 1 unspecified atom stereocenters. The van der Waals surface area contributed by atoms with Crippen molar-refractivity contribution in [2.24, 2.45) is 0 Å². The van der Waals surface area contributed by atoms with Crippen LogP contribution >= 0.6 is 0 Å². The summed E-state index contributed by atoms with van der Waals surface area (Å²) < 4.78 is 17.7. The summed E-state index contributed by atoms with van der Waals surface area (Å²) in [4.78, 5) is 13.2. The van der Waals surface area contributed by atoms with Gasteiger partial charge in [-0.05, 0) is 24.1 Å². The van der Waals surface area contributed by atoms with Crippen molar-refractivity contribution in [3.05, 3.63) is 29.6 Å². The molecular formula is C13H17FN2O3. The summed E-state index contributed by atoms with van der Waals surface area (Å²) in [6, 6.07) is 4.08. The van der Waals surface area contributed by atoms with Crippen LogP contribution in [0, 0.1) is 5.82 Å². The van der Waals surface area contributed by atoms with Crippen LogP contribution in [-0.2, 0) is 11.3 Å². The van der Waals surface area contributed by atoms with E-state index in [1.165, 1.54) is 13.2 Å². The first-order valence-corrected chi connectivity index (χ1v) is 6.12. The highest BCUT2D eigenvalue weighted by Gasteiger charge is 2.24. The van der Waals surface area contributed by atoms with Crippen LogP contribution in [0.25, 0.3) is 0 Å². The highest BCUT2D eigenvalue weighted by molar-refractivity contribution is 5.67. The number of benzene rings is 1. The Morgan fingerprint density at radius 3 is 3.05 bits per heavy atom. The van der Waals surface area contributed by atoms with Gasteiger partial charge in [-0.3, -0.25) is 4.90 Å². The summed E-state index contributed by atoms with van der Waals surface area (Å²) in [7, 11) is 1.33. The fraction of sp³-hybridized carbons (Fsp3) is 0.462. The lowest BCUT2D eigenvalue weighted by Crippen LogP contribution is -2.36. The second-order valence-corrected chi connectivity index (χ2v) is 4.67. The number of amides is 1. The van der Waals surface area contributed by atoms with E-state index in [2.05, 4.69) is 15.0 Å². The number of nitrogens with zero attached hydrogens (tertiary/aromatic N) is 1. The average Bonchev–Trinajstić information content (AvgIpc) is 2.74. The van der Waals surface area contributed by atoms with Gasteiger partial charge in [0.2, 0.25) is 0 Å². The Hall–Kier alpha value is -1.82. The van der Waals surface area contributed by atoms with Crippen molar-refractivity contribution in [1.82, 2.24) is 10.2 Å². The van der Waals surface area contributed by atoms with Crippen molar-refractivity contribution in [3.63, 3.8) is 0 Å². The van der Waals surface area contributed by atoms with Gasteiger partial charge in [-0.2, -0.15) is 0 Å². The van der Waals surface area contributed by atoms with Crippen molar-refractivity contribution in [3.8, 4) is 5.75 Å². The number of hydrogen-bond donors (Lipinski definition) is 2. The minimum Gasteiger partial charge on any atom is -0.508 e. The number of phenolic OH excluding ortho intramolecular Hbond substituents is 1. The Morgan fingerprint density at radius 2 is 2.37 bits per heavy atom. The molecule has 2 rings (SSSR count). The van der Waals surface area contributed by atoms with E-state index < -0.39 is 11.9 Å². The molecule has 1 aliphatic heterocycles. The number of hydrogen-bond acceptors (Lipinski definition) is 4. The maximum atomic E-state index is 13.1. The number of ether oxygens (including phenoxy) is 1. The van der Waals surface area contributed by atoms with E-state index >= 15 is 0 Å². The number of rotatable bonds is 3. The molecule has 1 atom stereocenters. The zero-order chi connectivity index (χ0) is 13.8. The van der Waals surface area contributed by atoms with E-state index in [-0.39, 0.29) is 11.8 Å². The molecule has 0 bridgehead atoms. The average molecular weight is 268 g/mol. The molecule has 1 aromatic carbocycles. The smallest absolute Gasteiger partial charge is 0.407 e. The Balaban J connectivity index is 1.89. The van der Waals surface area contributed by atoms with E-state index in [9.17, 15) is 14.3 Å². The topological polar surface area (TPSA) is 61.8 Å². The van der Waals surface area contributed by atoms with Crippen molar-refractivity contribution in [1.29, 1.82) is 0 Å². The molecule has 5 nitrogen and oxygen atoms in total. The lowest BCUT2D eigenvalue weighted by Gasteiger charge is -2.16. The molecule has 0 aliphatic carbocycles. The van der Waals surface area contributed by atoms with Crippen molar-refractivity contribution >= 4 is 6.09 Å². The zero-order valence-electron chi connectivity index (χ0n) is 10.7. The first kappa shape index (κ1) is 13.6. The van der Waals surface area contributed by atoms with Gasteiger partial charge >= 0.3 is 6.09 Å². The summed E-state index contributed by atoms with van der Waals surface area (Å²) in [6.45, 7) is 2.04. The van der Waals surface area contributed by atoms with Gasteiger partial charge in [0.25, 0.3) is 0 Å². The van der Waals surface area contributed by atoms with Gasteiger partial charge in [0.15, 0.2) is 0 Å². The molecule has 19 heavy (non-hydrogen) atoms. The summed E-state index contributed by atoms with van der Waals surface area (Å²) in [5.41, 5.74) is 0.719. The van der Waals surface area contributed by atoms with Gasteiger partial charge in [-0.25, -0.2) is 9.18 Å². The Morgan fingerprint density at radius 1 is 1.58 bits per heavy atom. The molecule has 1 aromatic rings. The van der Waals surface area contributed by atoms with Gasteiger partial charge in [0, 0.05) is 31.7 Å². The van der Waals surface area contributed by atoms with E-state index in [4.69, 9.17) is 0 Å². The van der Waals surface area contributed by atoms with Gasteiger partial charge in [0.1, 0.15) is 11.6 Å². The number of nitrogens with one attached hydrogen (secondary N) is 1. The number of carbonyl (C=O) groups excluding carboxylic acids is 1. The molecule has 2 N–H and O–H groups in total. The van der Waals surface area contributed by atoms with E-state index in [1.54, 1.807) is 6.07 Å². The number of methoxy groups -OCH3 is 1. The number of phenols is 1. The summed E-state index contributed by atoms with van der Waals surface area (Å²) in [6.07, 6.45) is 0.395. The predicted molar refractivity (Wildman–Crippen MR) is 67.3 cm³/mol. The van der Waals surface area contributed by atoms with Gasteiger partial charge in [-0.15, -0.1) is 0 Å². The maximum Gasteiger partial charge on any atom is 0.407 e. The molecule has 1 fully saturated rings. The van der Waals surface area contributed by atoms with Gasteiger partial charge in [-0.1, -0.05) is 0 Å². The maximum absolute atomic E-state index is 13.1. The first-order valence-electron chi connectivity index (χ1n) is 6.12. The second-order valence-electron chi connectivity index (χ2n) is 4.67. The molecule has 6 heteroatoms. The number of likely N-dealkylation sites (tertiary alicyclic amines) is 1. The normalized spacial score (nSPS) is 19.4. The highest BCUT2D eigenvalue weighted by Crippen LogP contribution is 2.18. The Labute approximate surface area is 111 Å². The SMILES string of the molecule is COC(=O)NC1CCN(Cc2cc(O)cc(F)c2)C1. The molecule has 1 amide bonds. The molecule has 0 radical (unpaired) electrons. The van der Waals surface area contributed by atoms with Crippen LogP contribution in [0.2, 0.25) is 0 Å². The minimum absolute atomic E-state index is 0.0506. The summed E-state index contributed by atoms with van der Waals surface area (Å²) >= 11 is 0. The number of aromatic hydroxyl groups is 1. The van der Waals surface area contributed by atoms with Crippen LogP contribution in [-0.4, -0.2) is 42.3 Å². The van der Waals surface area contributed by atoms with E-state index in [0.29, 0.717) is 13.1 Å². The fourth-order valence-corrected chi connectivity index (χ4v) is 2.30. The largest absolute Gasteiger partial charge is 0.508 e. The van der Waals surface area contributed by atoms with Crippen LogP contribution in [0.3, 0.4) is 0 Å².